The van der Waals surface area contributed by atoms with E-state index in [2.05, 4.69) is 12.6 Å². The minimum absolute atomic E-state index is 0.225. The van der Waals surface area contributed by atoms with Crippen LogP contribution in [0, 0.1) is 0 Å². The fourth-order valence-electron chi connectivity index (χ4n) is 0.978. The molecule has 0 saturated carbocycles. The maximum Gasteiger partial charge on any atom is 0.186 e. The van der Waals surface area contributed by atoms with E-state index < -0.39 is 37.8 Å². The van der Waals surface area contributed by atoms with Crippen LogP contribution in [0.1, 0.15) is 6.92 Å². The molecule has 0 aromatic heterocycles. The van der Waals surface area contributed by atoms with Crippen LogP contribution in [0.2, 0.25) is 0 Å². The molecule has 0 aromatic rings. The van der Waals surface area contributed by atoms with Crippen LogP contribution >= 0.6 is 12.6 Å². The molecule has 0 aromatic carbocycles. The van der Waals surface area contributed by atoms with Gasteiger partial charge in [-0.05, 0) is 6.92 Å². The lowest BCUT2D eigenvalue weighted by atomic mass is 10.2. The van der Waals surface area contributed by atoms with Gasteiger partial charge in [0.05, 0.1) is 25.9 Å². The first-order valence-corrected chi connectivity index (χ1v) is 5.65. The Morgan fingerprint density at radius 1 is 1.19 bits per heavy atom. The van der Waals surface area contributed by atoms with Crippen molar-refractivity contribution in [3.05, 3.63) is 0 Å². The summed E-state index contributed by atoms with van der Waals surface area (Å²) in [5.74, 6) is 0.427. The number of hydrogen-bond donors (Lipinski definition) is 5. The molecule has 0 heterocycles. The maximum atomic E-state index is 9.38. The van der Waals surface area contributed by atoms with Crippen LogP contribution in [-0.4, -0.2) is 70.6 Å². The molecule has 0 amide bonds. The molecule has 16 heavy (non-hydrogen) atoms. The van der Waals surface area contributed by atoms with E-state index in [1.54, 1.807) is 0 Å². The molecule has 0 aliphatic rings. The van der Waals surface area contributed by atoms with E-state index in [1.165, 1.54) is 6.92 Å². The van der Waals surface area contributed by atoms with Crippen molar-refractivity contribution >= 4 is 12.6 Å². The van der Waals surface area contributed by atoms with Crippen molar-refractivity contribution < 1.29 is 29.9 Å². The van der Waals surface area contributed by atoms with Gasteiger partial charge >= 0.3 is 0 Å². The number of hydrogen-bond acceptors (Lipinski definition) is 7. The van der Waals surface area contributed by atoms with Crippen LogP contribution in [0.4, 0.5) is 0 Å². The molecule has 0 fully saturated rings. The molecule has 98 valence electrons. The van der Waals surface area contributed by atoms with Crippen LogP contribution in [0.5, 0.6) is 0 Å². The number of rotatable bonds is 9. The summed E-state index contributed by atoms with van der Waals surface area (Å²) in [5.41, 5.74) is 0. The summed E-state index contributed by atoms with van der Waals surface area (Å²) < 4.78 is 10.2. The monoisotopic (exact) mass is 256 g/mol. The third-order valence-corrected chi connectivity index (χ3v) is 2.08. The topological polar surface area (TPSA) is 99.4 Å². The average Bonchev–Trinajstić information content (AvgIpc) is 2.28. The van der Waals surface area contributed by atoms with Gasteiger partial charge in [0.15, 0.2) is 6.29 Å². The Kier molecular flexibility index (Phi) is 9.24. The number of ether oxygens (including phenoxy) is 2. The molecule has 7 heteroatoms. The average molecular weight is 256 g/mol. The highest BCUT2D eigenvalue weighted by molar-refractivity contribution is 7.80. The predicted octanol–water partition coefficient (Wildman–Crippen LogP) is -1.63. The molecule has 0 aliphatic carbocycles. The fraction of sp³-hybridized carbons (Fsp3) is 1.00. The second kappa shape index (κ2) is 9.17. The van der Waals surface area contributed by atoms with Crippen LogP contribution in [0.15, 0.2) is 0 Å². The van der Waals surface area contributed by atoms with E-state index in [0.717, 1.165) is 0 Å². The quantitative estimate of drug-likeness (QED) is 0.251. The maximum absolute atomic E-state index is 9.38. The van der Waals surface area contributed by atoms with E-state index in [4.69, 9.17) is 19.7 Å². The second-order valence-electron chi connectivity index (χ2n) is 3.31. The molecule has 1 unspecified atom stereocenters. The first-order chi connectivity index (χ1) is 7.56. The van der Waals surface area contributed by atoms with E-state index in [0.29, 0.717) is 5.75 Å². The van der Waals surface area contributed by atoms with Gasteiger partial charge in [0, 0.05) is 5.75 Å². The van der Waals surface area contributed by atoms with Crippen LogP contribution in [0.3, 0.4) is 0 Å². The zero-order valence-electron chi connectivity index (χ0n) is 9.19. The van der Waals surface area contributed by atoms with Crippen molar-refractivity contribution in [1.29, 1.82) is 0 Å². The normalized spacial score (nSPS) is 19.1. The van der Waals surface area contributed by atoms with Gasteiger partial charge in [0.1, 0.15) is 12.2 Å². The highest BCUT2D eigenvalue weighted by Crippen LogP contribution is 2.09. The molecule has 4 atom stereocenters. The summed E-state index contributed by atoms with van der Waals surface area (Å²) in [6.45, 7) is 0.733. The predicted molar refractivity (Wildman–Crippen MR) is 60.3 cm³/mol. The Bertz CT molecular complexity index is 168. The Morgan fingerprint density at radius 2 is 1.81 bits per heavy atom. The number of thiol groups is 1. The molecular formula is C9H20O6S. The van der Waals surface area contributed by atoms with Crippen LogP contribution in [0.25, 0.3) is 0 Å². The van der Waals surface area contributed by atoms with Crippen molar-refractivity contribution in [2.45, 2.75) is 31.5 Å². The van der Waals surface area contributed by atoms with Crippen molar-refractivity contribution in [2.75, 3.05) is 25.6 Å². The van der Waals surface area contributed by atoms with Crippen LogP contribution in [-0.2, 0) is 9.47 Å². The summed E-state index contributed by atoms with van der Waals surface area (Å²) in [7, 11) is 0. The Hall–Kier alpha value is 0.110. The zero-order chi connectivity index (χ0) is 12.6. The largest absolute Gasteiger partial charge is 0.394 e. The zero-order valence-corrected chi connectivity index (χ0v) is 10.1. The summed E-state index contributed by atoms with van der Waals surface area (Å²) >= 11 is 3.92. The van der Waals surface area contributed by atoms with Crippen molar-refractivity contribution in [1.82, 2.24) is 0 Å². The van der Waals surface area contributed by atoms with Gasteiger partial charge in [-0.2, -0.15) is 12.6 Å². The number of aliphatic hydroxyl groups excluding tert-OH is 4. The molecule has 0 radical (unpaired) electrons. The van der Waals surface area contributed by atoms with Gasteiger partial charge in [-0.15, -0.1) is 0 Å². The lowest BCUT2D eigenvalue weighted by Gasteiger charge is -2.27. The first kappa shape index (κ1) is 16.1. The first-order valence-electron chi connectivity index (χ1n) is 5.02. The molecule has 4 N–H and O–H groups in total. The van der Waals surface area contributed by atoms with Crippen molar-refractivity contribution in [2.24, 2.45) is 0 Å². The standard InChI is InChI=1S/C9H20O6S/c1-6(12)8(5-11)15-9(7(13)4-10)14-2-3-16/h6-13,16H,2-5H2,1H3/t6-,7+,8?,9-/m1/s1. The molecule has 0 aliphatic heterocycles. The lowest BCUT2D eigenvalue weighted by Crippen LogP contribution is -2.42. The van der Waals surface area contributed by atoms with Gasteiger partial charge in [-0.25, -0.2) is 0 Å². The molecular weight excluding hydrogens is 236 g/mol. The van der Waals surface area contributed by atoms with Gasteiger partial charge < -0.3 is 29.9 Å². The third kappa shape index (κ3) is 6.00. The smallest absolute Gasteiger partial charge is 0.186 e. The Morgan fingerprint density at radius 3 is 2.19 bits per heavy atom. The Labute approximate surface area is 100 Å². The van der Waals surface area contributed by atoms with Crippen molar-refractivity contribution in [3.63, 3.8) is 0 Å². The minimum Gasteiger partial charge on any atom is -0.394 e. The van der Waals surface area contributed by atoms with E-state index in [-0.39, 0.29) is 6.61 Å². The molecule has 6 nitrogen and oxygen atoms in total. The lowest BCUT2D eigenvalue weighted by molar-refractivity contribution is -0.238. The summed E-state index contributed by atoms with van der Waals surface area (Å²) in [4.78, 5) is 0. The van der Waals surface area contributed by atoms with Gasteiger partial charge in [0.25, 0.3) is 0 Å². The SMILES string of the molecule is C[C@@H](O)C(CO)O[C@@H](OCCS)[C@@H](O)CO. The van der Waals surface area contributed by atoms with E-state index in [9.17, 15) is 10.2 Å². The summed E-state index contributed by atoms with van der Waals surface area (Å²) in [6.07, 6.45) is -4.10. The fourth-order valence-corrected chi connectivity index (χ4v) is 1.08. The highest BCUT2D eigenvalue weighted by Gasteiger charge is 2.26. The number of aliphatic hydroxyl groups is 4. The molecule has 0 spiro atoms. The van der Waals surface area contributed by atoms with Gasteiger partial charge in [0.2, 0.25) is 0 Å². The van der Waals surface area contributed by atoms with Crippen molar-refractivity contribution in [3.8, 4) is 0 Å². The van der Waals surface area contributed by atoms with Crippen LogP contribution < -0.4 is 0 Å². The summed E-state index contributed by atoms with van der Waals surface area (Å²) in [6, 6.07) is 0. The highest BCUT2D eigenvalue weighted by atomic mass is 32.1. The van der Waals surface area contributed by atoms with E-state index in [1.807, 2.05) is 0 Å². The third-order valence-electron chi connectivity index (χ3n) is 1.90. The van der Waals surface area contributed by atoms with Gasteiger partial charge in [-0.1, -0.05) is 0 Å². The molecule has 0 bridgehead atoms. The van der Waals surface area contributed by atoms with E-state index >= 15 is 0 Å². The summed E-state index contributed by atoms with van der Waals surface area (Å²) in [5, 5.41) is 36.3. The second-order valence-corrected chi connectivity index (χ2v) is 3.76. The van der Waals surface area contributed by atoms with Gasteiger partial charge in [-0.3, -0.25) is 0 Å². The molecule has 0 saturated heterocycles. The Balaban J connectivity index is 4.27. The molecule has 0 rings (SSSR count). The minimum atomic E-state index is -1.23.